The SMILES string of the molecule is C[C@@H]1C[C@@H](C)CN(CCNC(=O)C2(c3ccccc3)CCOCC2)C1. The molecule has 1 amide bonds. The lowest BCUT2D eigenvalue weighted by molar-refractivity contribution is -0.130. The first-order valence-electron chi connectivity index (χ1n) is 9.74. The standard InChI is InChI=1S/C21H32N2O2/c1-17-14-18(2)16-23(15-17)11-10-22-20(24)21(8-12-25-13-9-21)19-6-4-3-5-7-19/h3-7,17-18H,8-16H2,1-2H3,(H,22,24)/t17-,18-/m1/s1. The van der Waals surface area contributed by atoms with E-state index < -0.39 is 5.41 Å². The fraction of sp³-hybridized carbons (Fsp3) is 0.667. The van der Waals surface area contributed by atoms with Crippen molar-refractivity contribution in [2.75, 3.05) is 39.4 Å². The molecule has 4 nitrogen and oxygen atoms in total. The van der Waals surface area contributed by atoms with E-state index in [1.165, 1.54) is 6.42 Å². The molecule has 0 saturated carbocycles. The average Bonchev–Trinajstić information content (AvgIpc) is 2.62. The van der Waals surface area contributed by atoms with Crippen LogP contribution in [0, 0.1) is 11.8 Å². The molecule has 0 unspecified atom stereocenters. The Bertz CT molecular complexity index is 544. The predicted molar refractivity (Wildman–Crippen MR) is 101 cm³/mol. The maximum Gasteiger partial charge on any atom is 0.230 e. The number of likely N-dealkylation sites (tertiary alicyclic amines) is 1. The number of amides is 1. The molecule has 0 radical (unpaired) electrons. The van der Waals surface area contributed by atoms with E-state index >= 15 is 0 Å². The summed E-state index contributed by atoms with van der Waals surface area (Å²) in [7, 11) is 0. The normalized spacial score (nSPS) is 27.0. The molecule has 0 aromatic heterocycles. The fourth-order valence-electron chi connectivity index (χ4n) is 4.60. The first-order valence-corrected chi connectivity index (χ1v) is 9.74. The molecule has 4 heteroatoms. The highest BCUT2D eigenvalue weighted by Gasteiger charge is 2.41. The van der Waals surface area contributed by atoms with Crippen LogP contribution < -0.4 is 5.32 Å². The second kappa shape index (κ2) is 8.33. The Morgan fingerprint density at radius 3 is 2.44 bits per heavy atom. The van der Waals surface area contributed by atoms with E-state index in [1.54, 1.807) is 0 Å². The van der Waals surface area contributed by atoms with Gasteiger partial charge in [-0.15, -0.1) is 0 Å². The second-order valence-electron chi connectivity index (χ2n) is 8.02. The lowest BCUT2D eigenvalue weighted by Crippen LogP contribution is -2.50. The molecule has 1 N–H and O–H groups in total. The molecule has 138 valence electrons. The van der Waals surface area contributed by atoms with Crippen LogP contribution in [0.5, 0.6) is 0 Å². The van der Waals surface area contributed by atoms with E-state index in [0.29, 0.717) is 13.2 Å². The van der Waals surface area contributed by atoms with Gasteiger partial charge in [0.05, 0.1) is 5.41 Å². The first-order chi connectivity index (χ1) is 12.1. The topological polar surface area (TPSA) is 41.6 Å². The molecule has 2 atom stereocenters. The molecule has 2 aliphatic rings. The third-order valence-electron chi connectivity index (χ3n) is 5.77. The lowest BCUT2D eigenvalue weighted by atomic mass is 9.73. The van der Waals surface area contributed by atoms with Gasteiger partial charge >= 0.3 is 0 Å². The Kier molecular flexibility index (Phi) is 6.13. The fourth-order valence-corrected chi connectivity index (χ4v) is 4.60. The molecule has 2 saturated heterocycles. The van der Waals surface area contributed by atoms with Crippen molar-refractivity contribution in [2.45, 2.75) is 38.5 Å². The number of hydrogen-bond donors (Lipinski definition) is 1. The molecule has 2 heterocycles. The summed E-state index contributed by atoms with van der Waals surface area (Å²) in [5, 5.41) is 3.23. The minimum Gasteiger partial charge on any atom is -0.381 e. The third-order valence-corrected chi connectivity index (χ3v) is 5.77. The molecule has 1 aromatic rings. The summed E-state index contributed by atoms with van der Waals surface area (Å²) >= 11 is 0. The molecular weight excluding hydrogens is 312 g/mol. The van der Waals surface area contributed by atoms with Crippen molar-refractivity contribution in [2.24, 2.45) is 11.8 Å². The molecule has 1 aromatic carbocycles. The van der Waals surface area contributed by atoms with Gasteiger partial charge in [0.15, 0.2) is 0 Å². The summed E-state index contributed by atoms with van der Waals surface area (Å²) in [6.45, 7) is 9.94. The van der Waals surface area contributed by atoms with Crippen molar-refractivity contribution in [3.05, 3.63) is 35.9 Å². The van der Waals surface area contributed by atoms with Gasteiger partial charge in [-0.3, -0.25) is 4.79 Å². The van der Waals surface area contributed by atoms with E-state index in [2.05, 4.69) is 36.2 Å². The van der Waals surface area contributed by atoms with E-state index in [0.717, 1.165) is 56.4 Å². The van der Waals surface area contributed by atoms with Crippen molar-refractivity contribution >= 4 is 5.91 Å². The second-order valence-corrected chi connectivity index (χ2v) is 8.02. The number of nitrogens with one attached hydrogen (secondary N) is 1. The Morgan fingerprint density at radius 2 is 1.80 bits per heavy atom. The molecule has 2 fully saturated rings. The van der Waals surface area contributed by atoms with Gasteiger partial charge in [0.2, 0.25) is 5.91 Å². The molecule has 3 rings (SSSR count). The maximum atomic E-state index is 13.1. The van der Waals surface area contributed by atoms with Crippen LogP contribution in [-0.2, 0) is 14.9 Å². The van der Waals surface area contributed by atoms with Crippen LogP contribution in [-0.4, -0.2) is 50.2 Å². The predicted octanol–water partition coefficient (Wildman–Crippen LogP) is 2.83. The van der Waals surface area contributed by atoms with Gasteiger partial charge in [-0.2, -0.15) is 0 Å². The molecule has 0 aliphatic carbocycles. The number of ether oxygens (including phenoxy) is 1. The number of benzene rings is 1. The van der Waals surface area contributed by atoms with Crippen LogP contribution in [0.4, 0.5) is 0 Å². The highest BCUT2D eigenvalue weighted by atomic mass is 16.5. The highest BCUT2D eigenvalue weighted by Crippen LogP contribution is 2.35. The first kappa shape index (κ1) is 18.4. The third kappa shape index (κ3) is 4.42. The van der Waals surface area contributed by atoms with Crippen molar-refractivity contribution in [1.82, 2.24) is 10.2 Å². The van der Waals surface area contributed by atoms with Crippen LogP contribution in [0.25, 0.3) is 0 Å². The van der Waals surface area contributed by atoms with Gasteiger partial charge in [-0.1, -0.05) is 44.2 Å². The number of nitrogens with zero attached hydrogens (tertiary/aromatic N) is 1. The largest absolute Gasteiger partial charge is 0.381 e. The Morgan fingerprint density at radius 1 is 1.16 bits per heavy atom. The smallest absolute Gasteiger partial charge is 0.230 e. The zero-order chi connectivity index (χ0) is 17.7. The van der Waals surface area contributed by atoms with Gasteiger partial charge in [0.1, 0.15) is 0 Å². The van der Waals surface area contributed by atoms with Crippen molar-refractivity contribution in [1.29, 1.82) is 0 Å². The Labute approximate surface area is 151 Å². The molecular formula is C21H32N2O2. The van der Waals surface area contributed by atoms with E-state index in [4.69, 9.17) is 4.74 Å². The summed E-state index contributed by atoms with van der Waals surface area (Å²) in [6.07, 6.45) is 2.85. The zero-order valence-electron chi connectivity index (χ0n) is 15.7. The van der Waals surface area contributed by atoms with Crippen LogP contribution in [0.15, 0.2) is 30.3 Å². The summed E-state index contributed by atoms with van der Waals surface area (Å²) in [5.74, 6) is 1.68. The summed E-state index contributed by atoms with van der Waals surface area (Å²) < 4.78 is 5.53. The van der Waals surface area contributed by atoms with Crippen LogP contribution in [0.1, 0.15) is 38.7 Å². The monoisotopic (exact) mass is 344 g/mol. The van der Waals surface area contributed by atoms with E-state index in [1.807, 2.05) is 18.2 Å². The molecule has 2 aliphatic heterocycles. The minimum atomic E-state index is -0.429. The molecule has 0 bridgehead atoms. The summed E-state index contributed by atoms with van der Waals surface area (Å²) in [5.41, 5.74) is 0.693. The average molecular weight is 344 g/mol. The quantitative estimate of drug-likeness (QED) is 0.893. The summed E-state index contributed by atoms with van der Waals surface area (Å²) in [4.78, 5) is 15.6. The summed E-state index contributed by atoms with van der Waals surface area (Å²) in [6, 6.07) is 10.2. The number of carbonyl (C=O) groups is 1. The van der Waals surface area contributed by atoms with E-state index in [-0.39, 0.29) is 5.91 Å². The van der Waals surface area contributed by atoms with Crippen LogP contribution >= 0.6 is 0 Å². The lowest BCUT2D eigenvalue weighted by Gasteiger charge is -2.37. The zero-order valence-corrected chi connectivity index (χ0v) is 15.7. The van der Waals surface area contributed by atoms with Crippen molar-refractivity contribution < 1.29 is 9.53 Å². The van der Waals surface area contributed by atoms with Crippen LogP contribution in [0.2, 0.25) is 0 Å². The van der Waals surface area contributed by atoms with Crippen LogP contribution in [0.3, 0.4) is 0 Å². The number of carbonyl (C=O) groups excluding carboxylic acids is 1. The number of rotatable bonds is 5. The Hall–Kier alpha value is -1.39. The van der Waals surface area contributed by atoms with Crippen molar-refractivity contribution in [3.63, 3.8) is 0 Å². The highest BCUT2D eigenvalue weighted by molar-refractivity contribution is 5.88. The molecule has 0 spiro atoms. The molecule has 25 heavy (non-hydrogen) atoms. The van der Waals surface area contributed by atoms with Gasteiger partial charge < -0.3 is 15.0 Å². The number of piperidine rings is 1. The maximum absolute atomic E-state index is 13.1. The van der Waals surface area contributed by atoms with Gasteiger partial charge in [-0.25, -0.2) is 0 Å². The number of hydrogen-bond acceptors (Lipinski definition) is 3. The van der Waals surface area contributed by atoms with Gasteiger partial charge in [0.25, 0.3) is 0 Å². The van der Waals surface area contributed by atoms with Gasteiger partial charge in [0, 0.05) is 39.4 Å². The van der Waals surface area contributed by atoms with E-state index in [9.17, 15) is 4.79 Å². The van der Waals surface area contributed by atoms with Gasteiger partial charge in [-0.05, 0) is 36.7 Å². The van der Waals surface area contributed by atoms with Crippen molar-refractivity contribution in [3.8, 4) is 0 Å². The minimum absolute atomic E-state index is 0.167. The Balaban J connectivity index is 1.60.